The van der Waals surface area contributed by atoms with Crippen LogP contribution in [0.5, 0.6) is 0 Å². The predicted molar refractivity (Wildman–Crippen MR) is 30.4 cm³/mol. The average molecular weight is 130 g/mol. The zero-order valence-corrected chi connectivity index (χ0v) is 4.83. The monoisotopic (exact) mass is 130 g/mol. The number of aliphatic carboxylic acids is 1. The molecule has 0 aliphatic carbocycles. The second-order valence-electron chi connectivity index (χ2n) is 1.55. The van der Waals surface area contributed by atoms with Crippen molar-refractivity contribution >= 4 is 11.9 Å². The van der Waals surface area contributed by atoms with Crippen molar-refractivity contribution in [2.75, 3.05) is 0 Å². The number of primary amides is 1. The third-order valence-electron chi connectivity index (χ3n) is 0.710. The Morgan fingerprint density at radius 3 is 2.44 bits per heavy atom. The Bertz CT molecular complexity index is 107. The van der Waals surface area contributed by atoms with Gasteiger partial charge in [0.05, 0.1) is 6.42 Å². The molecule has 0 aromatic carbocycles. The fourth-order valence-electron chi connectivity index (χ4n) is 0.338. The lowest BCUT2D eigenvalue weighted by Crippen LogP contribution is -2.10. The van der Waals surface area contributed by atoms with Crippen LogP contribution in [0.2, 0.25) is 0 Å². The maximum Gasteiger partial charge on any atom is 0.307 e. The summed E-state index contributed by atoms with van der Waals surface area (Å²) >= 11 is 0. The number of hydrogen-bond acceptors (Lipinski definition) is 2. The van der Waals surface area contributed by atoms with Crippen LogP contribution in [0.1, 0.15) is 12.8 Å². The Labute approximate surface area is 52.7 Å². The van der Waals surface area contributed by atoms with Gasteiger partial charge in [0.1, 0.15) is 0 Å². The van der Waals surface area contributed by atoms with Gasteiger partial charge in [-0.25, -0.2) is 0 Å². The summed E-state index contributed by atoms with van der Waals surface area (Å²) in [7, 11) is 0. The lowest BCUT2D eigenvalue weighted by molar-refractivity contribution is -0.133. The highest BCUT2D eigenvalue weighted by molar-refractivity contribution is 5.79. The van der Waals surface area contributed by atoms with Crippen LogP contribution >= 0.6 is 0 Å². The van der Waals surface area contributed by atoms with Crippen molar-refractivity contribution in [3.63, 3.8) is 0 Å². The second-order valence-corrected chi connectivity index (χ2v) is 1.55. The zero-order valence-electron chi connectivity index (χ0n) is 4.83. The molecule has 4 heteroatoms. The van der Waals surface area contributed by atoms with Crippen LogP contribution in [0.25, 0.3) is 0 Å². The summed E-state index contributed by atoms with van der Waals surface area (Å²) in [5, 5.41) is 8.02. The molecule has 0 aliphatic heterocycles. The molecule has 0 atom stereocenters. The van der Waals surface area contributed by atoms with Crippen LogP contribution in [0.15, 0.2) is 0 Å². The first kappa shape index (κ1) is 7.94. The van der Waals surface area contributed by atoms with E-state index in [0.29, 0.717) is 0 Å². The Hall–Kier alpha value is -1.06. The number of carbonyl (C=O) groups is 2. The predicted octanol–water partition coefficient (Wildman–Crippen LogP) is -0.459. The molecule has 0 bridgehead atoms. The van der Waals surface area contributed by atoms with E-state index in [4.69, 9.17) is 10.8 Å². The molecule has 0 aliphatic rings. The molecule has 1 amide bonds. The molecule has 3 N–H and O–H groups in total. The van der Waals surface area contributed by atoms with E-state index in [1.807, 2.05) is 0 Å². The molecule has 0 spiro atoms. The number of hydrogen-bond donors (Lipinski definition) is 2. The van der Waals surface area contributed by atoms with Crippen molar-refractivity contribution in [2.45, 2.75) is 12.8 Å². The van der Waals surface area contributed by atoms with Crippen LogP contribution < -0.4 is 5.73 Å². The van der Waals surface area contributed by atoms with Gasteiger partial charge in [0, 0.05) is 6.42 Å². The van der Waals surface area contributed by atoms with E-state index in [-0.39, 0.29) is 12.8 Å². The van der Waals surface area contributed by atoms with E-state index in [1.54, 1.807) is 0 Å². The molecule has 0 saturated carbocycles. The molecule has 0 fully saturated rings. The molecular formula is C5H8NO3. The highest BCUT2D eigenvalue weighted by atomic mass is 16.4. The zero-order chi connectivity index (χ0) is 7.28. The molecule has 1 radical (unpaired) electrons. The van der Waals surface area contributed by atoms with Gasteiger partial charge in [-0.1, -0.05) is 0 Å². The smallest absolute Gasteiger partial charge is 0.307 e. The summed E-state index contributed by atoms with van der Waals surface area (Å²) in [6, 6.07) is 0. The van der Waals surface area contributed by atoms with Crippen molar-refractivity contribution < 1.29 is 14.7 Å². The summed E-state index contributed by atoms with van der Waals surface area (Å²) < 4.78 is 0. The van der Waals surface area contributed by atoms with Crippen molar-refractivity contribution in [2.24, 2.45) is 5.73 Å². The highest BCUT2D eigenvalue weighted by Gasteiger charge is 1.98. The summed E-state index contributed by atoms with van der Waals surface area (Å²) in [4.78, 5) is 19.8. The summed E-state index contributed by atoms with van der Waals surface area (Å²) in [5.41, 5.74) is 4.73. The van der Waals surface area contributed by atoms with E-state index in [0.717, 1.165) is 6.42 Å². The number of amides is 1. The molecule has 0 unspecified atom stereocenters. The molecule has 4 nitrogen and oxygen atoms in total. The van der Waals surface area contributed by atoms with Gasteiger partial charge >= 0.3 is 5.97 Å². The number of carboxylic acid groups (broad SMARTS) is 1. The third kappa shape index (κ3) is 6.94. The standard InChI is InChI=1S/C5H8NO3/c6-4(7)2-1-3-5(8)9/h3H,1-2H2,(H2,6,7)(H,8,9). The fraction of sp³-hybridized carbons (Fsp3) is 0.400. The van der Waals surface area contributed by atoms with Crippen LogP contribution in [-0.2, 0) is 9.59 Å². The molecular weight excluding hydrogens is 122 g/mol. The maximum atomic E-state index is 9.99. The number of rotatable bonds is 4. The van der Waals surface area contributed by atoms with Gasteiger partial charge in [-0.05, 0) is 6.42 Å². The molecule has 0 heterocycles. The molecule has 0 aromatic heterocycles. The highest BCUT2D eigenvalue weighted by Crippen LogP contribution is 1.91. The largest absolute Gasteiger partial charge is 0.481 e. The Balaban J connectivity index is 3.10. The van der Waals surface area contributed by atoms with Crippen LogP contribution in [0.3, 0.4) is 0 Å². The normalized spacial score (nSPS) is 8.89. The quantitative estimate of drug-likeness (QED) is 0.540. The molecule has 51 valence electrons. The summed E-state index contributed by atoms with van der Waals surface area (Å²) in [6.07, 6.45) is 1.32. The summed E-state index contributed by atoms with van der Waals surface area (Å²) in [5.74, 6) is -1.50. The van der Waals surface area contributed by atoms with Gasteiger partial charge in [-0.2, -0.15) is 0 Å². The lowest BCUT2D eigenvalue weighted by Gasteiger charge is -1.89. The van der Waals surface area contributed by atoms with E-state index < -0.39 is 11.9 Å². The molecule has 0 aromatic rings. The first-order valence-electron chi connectivity index (χ1n) is 2.47. The van der Waals surface area contributed by atoms with Crippen molar-refractivity contribution in [3.8, 4) is 0 Å². The fourth-order valence-corrected chi connectivity index (χ4v) is 0.338. The minimum atomic E-state index is -1.02. The van der Waals surface area contributed by atoms with E-state index in [1.165, 1.54) is 0 Å². The van der Waals surface area contributed by atoms with E-state index in [9.17, 15) is 9.59 Å². The first-order valence-corrected chi connectivity index (χ1v) is 2.47. The number of nitrogens with two attached hydrogens (primary N) is 1. The Kier molecular flexibility index (Phi) is 3.43. The van der Waals surface area contributed by atoms with Crippen molar-refractivity contribution in [1.29, 1.82) is 0 Å². The van der Waals surface area contributed by atoms with Gasteiger partial charge in [0.25, 0.3) is 0 Å². The number of carbonyl (C=O) groups excluding carboxylic acids is 1. The second kappa shape index (κ2) is 3.88. The van der Waals surface area contributed by atoms with Gasteiger partial charge < -0.3 is 10.8 Å². The Morgan fingerprint density at radius 2 is 2.11 bits per heavy atom. The average Bonchev–Trinajstić information content (AvgIpc) is 1.63. The topological polar surface area (TPSA) is 80.4 Å². The SMILES string of the molecule is NC(=O)CC[CH]C(=O)O. The van der Waals surface area contributed by atoms with Gasteiger partial charge in [0.2, 0.25) is 5.91 Å². The summed E-state index contributed by atoms with van der Waals surface area (Å²) in [6.45, 7) is 0. The molecule has 9 heavy (non-hydrogen) atoms. The third-order valence-corrected chi connectivity index (χ3v) is 0.710. The van der Waals surface area contributed by atoms with Crippen LogP contribution in [-0.4, -0.2) is 17.0 Å². The van der Waals surface area contributed by atoms with Gasteiger partial charge in [-0.15, -0.1) is 0 Å². The maximum absolute atomic E-state index is 9.99. The van der Waals surface area contributed by atoms with Crippen LogP contribution in [0, 0.1) is 6.42 Å². The lowest BCUT2D eigenvalue weighted by atomic mass is 10.2. The molecule has 0 saturated heterocycles. The van der Waals surface area contributed by atoms with E-state index >= 15 is 0 Å². The van der Waals surface area contributed by atoms with Crippen molar-refractivity contribution in [1.82, 2.24) is 0 Å². The van der Waals surface area contributed by atoms with Gasteiger partial charge in [-0.3, -0.25) is 9.59 Å². The van der Waals surface area contributed by atoms with E-state index in [2.05, 4.69) is 0 Å². The minimum Gasteiger partial charge on any atom is -0.481 e. The molecule has 0 rings (SSSR count). The first-order chi connectivity index (χ1) is 4.13. The van der Waals surface area contributed by atoms with Crippen molar-refractivity contribution in [3.05, 3.63) is 6.42 Å². The minimum absolute atomic E-state index is 0.103. The van der Waals surface area contributed by atoms with Gasteiger partial charge in [0.15, 0.2) is 0 Å². The van der Waals surface area contributed by atoms with Crippen LogP contribution in [0.4, 0.5) is 0 Å². The Morgan fingerprint density at radius 1 is 1.56 bits per heavy atom. The number of carboxylic acids is 1.